The van der Waals surface area contributed by atoms with E-state index in [1.54, 1.807) is 13.8 Å². The molecule has 0 radical (unpaired) electrons. The normalized spacial score (nSPS) is 15.2. The van der Waals surface area contributed by atoms with Crippen molar-refractivity contribution >= 4 is 11.3 Å². The van der Waals surface area contributed by atoms with E-state index in [1.807, 2.05) is 0 Å². The first-order chi connectivity index (χ1) is 4.48. The van der Waals surface area contributed by atoms with Crippen molar-refractivity contribution in [2.45, 2.75) is 19.4 Å². The third kappa shape index (κ3) is 4.87. The van der Waals surface area contributed by atoms with Gasteiger partial charge in [0.25, 0.3) is 0 Å². The molecule has 0 aromatic carbocycles. The summed E-state index contributed by atoms with van der Waals surface area (Å²) in [5, 5.41) is 0. The first-order valence-corrected chi connectivity index (χ1v) is 3.93. The van der Waals surface area contributed by atoms with Gasteiger partial charge < -0.3 is 9.29 Å². The summed E-state index contributed by atoms with van der Waals surface area (Å²) in [5.41, 5.74) is -0.430. The van der Waals surface area contributed by atoms with Crippen LogP contribution in [0, 0.1) is 0 Å². The summed E-state index contributed by atoms with van der Waals surface area (Å²) in [6, 6.07) is 0. The SMILES string of the molecule is COC(C)(C)CNS(=O)[O-]. The minimum absolute atomic E-state index is 0.291. The predicted octanol–water partition coefficient (Wildman–Crippen LogP) is -0.205. The average molecular weight is 166 g/mol. The van der Waals surface area contributed by atoms with Crippen molar-refractivity contribution in [1.82, 2.24) is 4.72 Å². The minimum Gasteiger partial charge on any atom is -0.760 e. The molecule has 0 fully saturated rings. The second-order valence-corrected chi connectivity index (χ2v) is 3.28. The second-order valence-electron chi connectivity index (χ2n) is 2.52. The van der Waals surface area contributed by atoms with Gasteiger partial charge in [-0.05, 0) is 13.8 Å². The van der Waals surface area contributed by atoms with Crippen molar-refractivity contribution in [2.24, 2.45) is 0 Å². The lowest BCUT2D eigenvalue weighted by Crippen LogP contribution is -2.37. The zero-order chi connectivity index (χ0) is 8.20. The van der Waals surface area contributed by atoms with Crippen molar-refractivity contribution in [2.75, 3.05) is 13.7 Å². The van der Waals surface area contributed by atoms with Gasteiger partial charge in [0.2, 0.25) is 0 Å². The minimum atomic E-state index is -2.19. The van der Waals surface area contributed by atoms with Gasteiger partial charge in [0.15, 0.2) is 0 Å². The van der Waals surface area contributed by atoms with Crippen LogP contribution in [0.2, 0.25) is 0 Å². The third-order valence-electron chi connectivity index (χ3n) is 1.17. The van der Waals surface area contributed by atoms with Gasteiger partial charge >= 0.3 is 0 Å². The van der Waals surface area contributed by atoms with Crippen LogP contribution in [-0.2, 0) is 16.0 Å². The van der Waals surface area contributed by atoms with Gasteiger partial charge in [0, 0.05) is 24.9 Å². The van der Waals surface area contributed by atoms with Crippen LogP contribution in [0.1, 0.15) is 13.8 Å². The standard InChI is InChI=1S/C5H13NO3S/c1-5(2,9-3)4-6-10(7)8/h6H,4H2,1-3H3,(H,7,8)/p-1. The Morgan fingerprint density at radius 3 is 2.50 bits per heavy atom. The lowest BCUT2D eigenvalue weighted by atomic mass is 10.1. The highest BCUT2D eigenvalue weighted by atomic mass is 32.2. The maximum absolute atomic E-state index is 10.00. The van der Waals surface area contributed by atoms with E-state index in [0.29, 0.717) is 6.54 Å². The van der Waals surface area contributed by atoms with Crippen molar-refractivity contribution in [3.05, 3.63) is 0 Å². The lowest BCUT2D eigenvalue weighted by molar-refractivity contribution is 0.0275. The molecule has 1 atom stereocenters. The fourth-order valence-corrected chi connectivity index (χ4v) is 0.770. The Bertz CT molecular complexity index is 126. The summed E-state index contributed by atoms with van der Waals surface area (Å²) in [4.78, 5) is 0. The average Bonchev–Trinajstić information content (AvgIpc) is 1.85. The topological polar surface area (TPSA) is 61.4 Å². The molecule has 0 rings (SSSR count). The highest BCUT2D eigenvalue weighted by molar-refractivity contribution is 7.77. The first kappa shape index (κ1) is 10.0. The van der Waals surface area contributed by atoms with Crippen molar-refractivity contribution in [3.8, 4) is 0 Å². The summed E-state index contributed by atoms with van der Waals surface area (Å²) < 4.78 is 27.2. The maximum Gasteiger partial charge on any atom is 0.0756 e. The van der Waals surface area contributed by atoms with Crippen LogP contribution in [-0.4, -0.2) is 28.0 Å². The van der Waals surface area contributed by atoms with E-state index in [4.69, 9.17) is 4.74 Å². The van der Waals surface area contributed by atoms with Crippen molar-refractivity contribution < 1.29 is 13.5 Å². The summed E-state index contributed by atoms with van der Waals surface area (Å²) in [6.07, 6.45) is 0. The molecule has 62 valence electrons. The van der Waals surface area contributed by atoms with Crippen LogP contribution in [0.4, 0.5) is 0 Å². The molecule has 0 aromatic rings. The van der Waals surface area contributed by atoms with Crippen LogP contribution in [0.25, 0.3) is 0 Å². The van der Waals surface area contributed by atoms with Crippen LogP contribution >= 0.6 is 0 Å². The Morgan fingerprint density at radius 2 is 2.20 bits per heavy atom. The number of hydrogen-bond acceptors (Lipinski definition) is 3. The fraction of sp³-hybridized carbons (Fsp3) is 1.00. The molecular formula is C5H12NO3S-. The molecule has 10 heavy (non-hydrogen) atoms. The van der Waals surface area contributed by atoms with E-state index in [9.17, 15) is 8.76 Å². The van der Waals surface area contributed by atoms with E-state index in [0.717, 1.165) is 0 Å². The van der Waals surface area contributed by atoms with Gasteiger partial charge in [-0.25, -0.2) is 4.72 Å². The van der Waals surface area contributed by atoms with Crippen molar-refractivity contribution in [3.63, 3.8) is 0 Å². The Labute approximate surface area is 63.4 Å². The lowest BCUT2D eigenvalue weighted by Gasteiger charge is -2.23. The molecule has 0 aliphatic rings. The Balaban J connectivity index is 3.56. The molecule has 0 bridgehead atoms. The molecular weight excluding hydrogens is 154 g/mol. The molecule has 4 nitrogen and oxygen atoms in total. The number of ether oxygens (including phenoxy) is 1. The molecule has 1 unspecified atom stereocenters. The Morgan fingerprint density at radius 1 is 1.70 bits per heavy atom. The van der Waals surface area contributed by atoms with Crippen LogP contribution in [0.3, 0.4) is 0 Å². The molecule has 0 amide bonds. The number of nitrogens with one attached hydrogen (secondary N) is 1. The molecule has 0 saturated carbocycles. The van der Waals surface area contributed by atoms with E-state index in [1.165, 1.54) is 7.11 Å². The molecule has 5 heteroatoms. The molecule has 0 aliphatic carbocycles. The molecule has 0 heterocycles. The quantitative estimate of drug-likeness (QED) is 0.588. The summed E-state index contributed by atoms with van der Waals surface area (Å²) >= 11 is -2.19. The fourth-order valence-electron chi connectivity index (χ4n) is 0.305. The zero-order valence-corrected chi connectivity index (χ0v) is 7.16. The summed E-state index contributed by atoms with van der Waals surface area (Å²) in [6.45, 7) is 3.89. The highest BCUT2D eigenvalue weighted by Crippen LogP contribution is 2.04. The highest BCUT2D eigenvalue weighted by Gasteiger charge is 2.14. The second kappa shape index (κ2) is 4.02. The van der Waals surface area contributed by atoms with Gasteiger partial charge in [-0.1, -0.05) is 0 Å². The monoisotopic (exact) mass is 166 g/mol. The number of hydrogen-bond donors (Lipinski definition) is 1. The van der Waals surface area contributed by atoms with E-state index >= 15 is 0 Å². The molecule has 0 aromatic heterocycles. The zero-order valence-electron chi connectivity index (χ0n) is 6.34. The molecule has 0 aliphatic heterocycles. The van der Waals surface area contributed by atoms with Gasteiger partial charge in [-0.3, -0.25) is 4.21 Å². The van der Waals surface area contributed by atoms with Gasteiger partial charge in [0.05, 0.1) is 5.60 Å². The van der Waals surface area contributed by atoms with Gasteiger partial charge in [-0.2, -0.15) is 0 Å². The number of rotatable bonds is 4. The summed E-state index contributed by atoms with van der Waals surface area (Å²) in [5.74, 6) is 0. The van der Waals surface area contributed by atoms with E-state index in [-0.39, 0.29) is 0 Å². The van der Waals surface area contributed by atoms with Crippen LogP contribution in [0.5, 0.6) is 0 Å². The maximum atomic E-state index is 10.00. The van der Waals surface area contributed by atoms with Gasteiger partial charge in [-0.15, -0.1) is 0 Å². The molecule has 0 spiro atoms. The van der Waals surface area contributed by atoms with Gasteiger partial charge in [0.1, 0.15) is 0 Å². The summed E-state index contributed by atoms with van der Waals surface area (Å²) in [7, 11) is 1.54. The van der Waals surface area contributed by atoms with Crippen LogP contribution in [0.15, 0.2) is 0 Å². The third-order valence-corrected chi connectivity index (χ3v) is 1.55. The number of methoxy groups -OCH3 is 1. The largest absolute Gasteiger partial charge is 0.760 e. The first-order valence-electron chi connectivity index (χ1n) is 2.86. The molecule has 1 N–H and O–H groups in total. The smallest absolute Gasteiger partial charge is 0.0756 e. The Hall–Kier alpha value is 0.0300. The van der Waals surface area contributed by atoms with E-state index < -0.39 is 16.9 Å². The molecule has 0 saturated heterocycles. The Kier molecular flexibility index (Phi) is 4.04. The van der Waals surface area contributed by atoms with Crippen molar-refractivity contribution in [1.29, 1.82) is 0 Å². The van der Waals surface area contributed by atoms with Crippen LogP contribution < -0.4 is 4.72 Å². The predicted molar refractivity (Wildman–Crippen MR) is 38.0 cm³/mol. The van der Waals surface area contributed by atoms with E-state index in [2.05, 4.69) is 4.72 Å².